The van der Waals surface area contributed by atoms with E-state index >= 15 is 0 Å². The molecule has 1 atom stereocenters. The Balaban J connectivity index is 1.39. The molecule has 0 aliphatic carbocycles. The summed E-state index contributed by atoms with van der Waals surface area (Å²) in [6.45, 7) is 6.17. The highest BCUT2D eigenvalue weighted by Gasteiger charge is 2.32. The maximum Gasteiger partial charge on any atom is 0.416 e. The highest BCUT2D eigenvalue weighted by molar-refractivity contribution is 6.04. The van der Waals surface area contributed by atoms with Crippen LogP contribution in [0, 0.1) is 0 Å². The van der Waals surface area contributed by atoms with Crippen molar-refractivity contribution in [2.24, 2.45) is 0 Å². The summed E-state index contributed by atoms with van der Waals surface area (Å²) in [5, 5.41) is 2.71. The number of nitrogens with zero attached hydrogens (tertiary/aromatic N) is 5. The molecule has 194 valence electrons. The summed E-state index contributed by atoms with van der Waals surface area (Å²) < 4.78 is 41.1. The fourth-order valence-electron chi connectivity index (χ4n) is 4.97. The van der Waals surface area contributed by atoms with Crippen LogP contribution in [0.3, 0.4) is 0 Å². The van der Waals surface area contributed by atoms with Gasteiger partial charge in [-0.1, -0.05) is 13.0 Å². The van der Waals surface area contributed by atoms with E-state index in [0.29, 0.717) is 36.8 Å². The summed E-state index contributed by atoms with van der Waals surface area (Å²) >= 11 is 0. The minimum atomic E-state index is -4.52. The summed E-state index contributed by atoms with van der Waals surface area (Å²) in [4.78, 5) is 28.0. The molecule has 0 spiro atoms. The van der Waals surface area contributed by atoms with E-state index in [4.69, 9.17) is 0 Å². The zero-order valence-corrected chi connectivity index (χ0v) is 20.8. The van der Waals surface area contributed by atoms with Crippen molar-refractivity contribution in [2.45, 2.75) is 25.6 Å². The van der Waals surface area contributed by atoms with Crippen LogP contribution in [0.15, 0.2) is 54.9 Å². The van der Waals surface area contributed by atoms with Crippen LogP contribution in [0.2, 0.25) is 0 Å². The molecule has 1 unspecified atom stereocenters. The number of benzene rings is 2. The van der Waals surface area contributed by atoms with Crippen LogP contribution < -0.4 is 15.1 Å². The lowest BCUT2D eigenvalue weighted by molar-refractivity contribution is -0.137. The van der Waals surface area contributed by atoms with Crippen molar-refractivity contribution in [3.05, 3.63) is 77.1 Å². The van der Waals surface area contributed by atoms with E-state index in [1.807, 2.05) is 24.1 Å². The minimum Gasteiger partial charge on any atom is -0.369 e. The Morgan fingerprint density at radius 2 is 1.73 bits per heavy atom. The predicted octanol–water partition coefficient (Wildman–Crippen LogP) is 4.62. The van der Waals surface area contributed by atoms with Crippen LogP contribution in [-0.4, -0.2) is 60.5 Å². The molecule has 10 heteroatoms. The summed E-state index contributed by atoms with van der Waals surface area (Å²) in [7, 11) is 1.99. The fraction of sp³-hybridized carbons (Fsp3) is 0.370. The number of carbonyl (C=O) groups excluding carboxylic acids is 1. The highest BCUT2D eigenvalue weighted by atomic mass is 19.4. The first kappa shape index (κ1) is 25.0. The van der Waals surface area contributed by atoms with E-state index in [1.54, 1.807) is 30.6 Å². The van der Waals surface area contributed by atoms with Crippen LogP contribution in [0.5, 0.6) is 0 Å². The molecule has 0 saturated carbocycles. The van der Waals surface area contributed by atoms with Crippen molar-refractivity contribution < 1.29 is 18.0 Å². The first-order chi connectivity index (χ1) is 17.7. The van der Waals surface area contributed by atoms with Gasteiger partial charge in [-0.2, -0.15) is 13.2 Å². The molecule has 1 aromatic heterocycles. The molecule has 3 aromatic rings. The molecule has 0 radical (unpaired) electrons. The molecule has 5 rings (SSSR count). The molecular formula is C27H29F3N6O. The van der Waals surface area contributed by atoms with Crippen LogP contribution in [0.25, 0.3) is 0 Å². The molecule has 1 N–H and O–H groups in total. The summed E-state index contributed by atoms with van der Waals surface area (Å²) in [6, 6.07) is 11.0. The topological polar surface area (TPSA) is 64.6 Å². The number of halogens is 3. The Bertz CT molecular complexity index is 1270. The molecule has 1 saturated heterocycles. The molecule has 37 heavy (non-hydrogen) atoms. The van der Waals surface area contributed by atoms with Gasteiger partial charge in [-0.25, -0.2) is 9.97 Å². The van der Waals surface area contributed by atoms with Gasteiger partial charge in [0.2, 0.25) is 5.95 Å². The lowest BCUT2D eigenvalue weighted by Gasteiger charge is -2.34. The van der Waals surface area contributed by atoms with Crippen molar-refractivity contribution in [3.8, 4) is 0 Å². The predicted molar refractivity (Wildman–Crippen MR) is 137 cm³/mol. The van der Waals surface area contributed by atoms with Gasteiger partial charge >= 0.3 is 6.18 Å². The Morgan fingerprint density at radius 3 is 2.43 bits per heavy atom. The summed E-state index contributed by atoms with van der Waals surface area (Å²) in [5.74, 6) is 0.377. The fourth-order valence-corrected chi connectivity index (χ4v) is 4.97. The monoisotopic (exact) mass is 510 g/mol. The molecule has 2 aliphatic heterocycles. The lowest BCUT2D eigenvalue weighted by Crippen LogP contribution is -2.44. The number of piperazine rings is 1. The maximum atomic E-state index is 13.7. The normalized spacial score (nSPS) is 18.5. The quantitative estimate of drug-likeness (QED) is 0.553. The van der Waals surface area contributed by atoms with E-state index in [2.05, 4.69) is 32.0 Å². The number of fused-ring (bicyclic) bond motifs is 1. The van der Waals surface area contributed by atoms with Gasteiger partial charge in [-0.15, -0.1) is 0 Å². The van der Waals surface area contributed by atoms with Crippen LogP contribution in [0.1, 0.15) is 39.9 Å². The molecule has 3 heterocycles. The van der Waals surface area contributed by atoms with Gasteiger partial charge < -0.3 is 20.0 Å². The standard InChI is InChI=1S/C27H29F3N6O/c1-18-16-36(26-31-6-3-7-32-26)17-20-12-19(4-5-24(18)20)25(37)33-22-13-21(27(28,29)30)14-23(15-22)35-10-8-34(2)9-11-35/h3-7,12-15,18H,8-11,16-17H2,1-2H3,(H,33,37). The van der Waals surface area contributed by atoms with Gasteiger partial charge in [0, 0.05) is 68.6 Å². The van der Waals surface area contributed by atoms with E-state index in [1.165, 1.54) is 0 Å². The number of amides is 1. The van der Waals surface area contributed by atoms with Gasteiger partial charge in [0.15, 0.2) is 0 Å². The summed E-state index contributed by atoms with van der Waals surface area (Å²) in [5.41, 5.74) is 2.30. The molecular weight excluding hydrogens is 481 g/mol. The maximum absolute atomic E-state index is 13.7. The third-order valence-corrected chi connectivity index (χ3v) is 7.00. The Labute approximate surface area is 213 Å². The van der Waals surface area contributed by atoms with Crippen molar-refractivity contribution in [3.63, 3.8) is 0 Å². The van der Waals surface area contributed by atoms with Gasteiger partial charge in [0.05, 0.1) is 5.56 Å². The largest absolute Gasteiger partial charge is 0.416 e. The number of rotatable bonds is 4. The Hall–Kier alpha value is -3.66. The molecule has 1 amide bonds. The van der Waals surface area contributed by atoms with Gasteiger partial charge in [0.1, 0.15) is 0 Å². The molecule has 2 aromatic carbocycles. The highest BCUT2D eigenvalue weighted by Crippen LogP contribution is 2.35. The van der Waals surface area contributed by atoms with Crippen LogP contribution in [-0.2, 0) is 12.7 Å². The van der Waals surface area contributed by atoms with E-state index in [9.17, 15) is 18.0 Å². The number of carbonyl (C=O) groups is 1. The molecule has 1 fully saturated rings. The third kappa shape index (κ3) is 5.53. The van der Waals surface area contributed by atoms with Crippen molar-refractivity contribution in [2.75, 3.05) is 54.9 Å². The Kier molecular flexibility index (Phi) is 6.76. The second kappa shape index (κ2) is 10.0. The number of hydrogen-bond acceptors (Lipinski definition) is 6. The SMILES string of the molecule is CC1CN(c2ncccn2)Cc2cc(C(=O)Nc3cc(N4CCN(C)CC4)cc(C(F)(F)F)c3)ccc21. The molecule has 0 bridgehead atoms. The van der Waals surface area contributed by atoms with Gasteiger partial charge in [-0.05, 0) is 60.5 Å². The number of hydrogen-bond donors (Lipinski definition) is 1. The number of alkyl halides is 3. The zero-order chi connectivity index (χ0) is 26.2. The third-order valence-electron chi connectivity index (χ3n) is 7.00. The van der Waals surface area contributed by atoms with E-state index in [0.717, 1.165) is 42.9 Å². The molecule has 2 aliphatic rings. The second-order valence-corrected chi connectivity index (χ2v) is 9.75. The van der Waals surface area contributed by atoms with Crippen molar-refractivity contribution in [1.29, 1.82) is 0 Å². The first-order valence-electron chi connectivity index (χ1n) is 12.3. The summed E-state index contributed by atoms with van der Waals surface area (Å²) in [6.07, 6.45) is -1.14. The Morgan fingerprint density at radius 1 is 1.00 bits per heavy atom. The number of nitrogens with one attached hydrogen (secondary N) is 1. The lowest BCUT2D eigenvalue weighted by atomic mass is 9.90. The minimum absolute atomic E-state index is 0.124. The van der Waals surface area contributed by atoms with Crippen LogP contribution in [0.4, 0.5) is 30.5 Å². The van der Waals surface area contributed by atoms with Crippen LogP contribution >= 0.6 is 0 Å². The average Bonchev–Trinajstić information content (AvgIpc) is 2.88. The van der Waals surface area contributed by atoms with Crippen molar-refractivity contribution in [1.82, 2.24) is 14.9 Å². The van der Waals surface area contributed by atoms with E-state index < -0.39 is 17.6 Å². The van der Waals surface area contributed by atoms with E-state index in [-0.39, 0.29) is 11.6 Å². The number of anilines is 3. The number of likely N-dealkylation sites (N-methyl/N-ethyl adjacent to an activating group) is 1. The van der Waals surface area contributed by atoms with Gasteiger partial charge in [0.25, 0.3) is 5.91 Å². The zero-order valence-electron chi connectivity index (χ0n) is 20.8. The average molecular weight is 511 g/mol. The van der Waals surface area contributed by atoms with Gasteiger partial charge in [-0.3, -0.25) is 4.79 Å². The number of aromatic nitrogens is 2. The first-order valence-corrected chi connectivity index (χ1v) is 12.3. The second-order valence-electron chi connectivity index (χ2n) is 9.75. The smallest absolute Gasteiger partial charge is 0.369 e. The molecule has 7 nitrogen and oxygen atoms in total. The van der Waals surface area contributed by atoms with Crippen molar-refractivity contribution >= 4 is 23.2 Å².